The van der Waals surface area contributed by atoms with Crippen LogP contribution < -0.4 is 19.7 Å². The van der Waals surface area contributed by atoms with E-state index in [1.807, 2.05) is 54.7 Å². The van der Waals surface area contributed by atoms with Crippen molar-refractivity contribution in [2.24, 2.45) is 0 Å². The number of nitrogens with zero attached hydrogens (tertiary/aromatic N) is 1. The van der Waals surface area contributed by atoms with Crippen molar-refractivity contribution in [3.8, 4) is 11.5 Å². The molecule has 1 aliphatic heterocycles. The van der Waals surface area contributed by atoms with Gasteiger partial charge in [0.1, 0.15) is 0 Å². The van der Waals surface area contributed by atoms with E-state index in [4.69, 9.17) is 9.47 Å². The molecule has 1 aliphatic rings. The van der Waals surface area contributed by atoms with Gasteiger partial charge in [0.25, 0.3) is 5.91 Å². The number of hydrogen-bond acceptors (Lipinski definition) is 4. The molecule has 0 spiro atoms. The molecule has 0 saturated carbocycles. The zero-order chi connectivity index (χ0) is 19.4. The van der Waals surface area contributed by atoms with E-state index < -0.39 is 0 Å². The summed E-state index contributed by atoms with van der Waals surface area (Å²) in [6, 6.07) is 12.9. The number of amides is 2. The van der Waals surface area contributed by atoms with E-state index >= 15 is 0 Å². The van der Waals surface area contributed by atoms with Gasteiger partial charge < -0.3 is 14.8 Å². The summed E-state index contributed by atoms with van der Waals surface area (Å²) in [5.74, 6) is 1.09. The molecule has 0 bridgehead atoms. The molecule has 2 N–H and O–H groups in total. The molecule has 2 aromatic rings. The summed E-state index contributed by atoms with van der Waals surface area (Å²) < 4.78 is 10.6. The van der Waals surface area contributed by atoms with Gasteiger partial charge in [0.15, 0.2) is 17.5 Å². The third kappa shape index (κ3) is 4.11. The zero-order valence-corrected chi connectivity index (χ0v) is 15.9. The van der Waals surface area contributed by atoms with Gasteiger partial charge in [-0.05, 0) is 36.8 Å². The summed E-state index contributed by atoms with van der Waals surface area (Å²) in [5, 5.41) is 1.95. The first-order valence-electron chi connectivity index (χ1n) is 9.01. The lowest BCUT2D eigenvalue weighted by atomic mass is 10.1. The van der Waals surface area contributed by atoms with Gasteiger partial charge >= 0.3 is 0 Å². The van der Waals surface area contributed by atoms with Gasteiger partial charge in [0.05, 0.1) is 32.9 Å². The predicted octanol–water partition coefficient (Wildman–Crippen LogP) is 1.45. The van der Waals surface area contributed by atoms with Crippen LogP contribution in [-0.2, 0) is 16.0 Å². The SMILES string of the molecule is COc1ccc(CC[NH2+][C@H]2CC(=O)N(c3ccc(C)cc3)C2=O)cc1OC. The molecule has 1 saturated heterocycles. The van der Waals surface area contributed by atoms with Crippen molar-refractivity contribution in [1.29, 1.82) is 0 Å². The number of carbonyl (C=O) groups excluding carboxylic acids is 2. The highest BCUT2D eigenvalue weighted by Crippen LogP contribution is 2.27. The number of anilines is 1. The van der Waals surface area contributed by atoms with Crippen molar-refractivity contribution < 1.29 is 24.4 Å². The fourth-order valence-electron chi connectivity index (χ4n) is 3.29. The van der Waals surface area contributed by atoms with Crippen LogP contribution in [0.15, 0.2) is 42.5 Å². The second-order valence-electron chi connectivity index (χ2n) is 6.68. The summed E-state index contributed by atoms with van der Waals surface area (Å²) in [7, 11) is 3.21. The number of aryl methyl sites for hydroxylation is 1. The van der Waals surface area contributed by atoms with E-state index in [1.165, 1.54) is 4.90 Å². The van der Waals surface area contributed by atoms with E-state index in [0.29, 0.717) is 23.7 Å². The summed E-state index contributed by atoms with van der Waals surface area (Å²) in [6.45, 7) is 2.68. The molecule has 3 rings (SSSR count). The number of nitrogens with two attached hydrogens (primary N) is 1. The Hall–Kier alpha value is -2.86. The molecule has 0 aliphatic carbocycles. The number of rotatable bonds is 7. The lowest BCUT2D eigenvalue weighted by Gasteiger charge is -2.14. The highest BCUT2D eigenvalue weighted by atomic mass is 16.5. The zero-order valence-electron chi connectivity index (χ0n) is 15.9. The Bertz CT molecular complexity index is 833. The van der Waals surface area contributed by atoms with E-state index in [0.717, 1.165) is 17.5 Å². The molecular formula is C21H25N2O4+. The molecule has 0 aromatic heterocycles. The summed E-state index contributed by atoms with van der Waals surface area (Å²) >= 11 is 0. The monoisotopic (exact) mass is 369 g/mol. The minimum atomic E-state index is -0.362. The van der Waals surface area contributed by atoms with Gasteiger partial charge in [-0.2, -0.15) is 0 Å². The van der Waals surface area contributed by atoms with E-state index in [2.05, 4.69) is 0 Å². The van der Waals surface area contributed by atoms with Gasteiger partial charge in [0, 0.05) is 6.42 Å². The minimum Gasteiger partial charge on any atom is -0.493 e. The fraction of sp³-hybridized carbons (Fsp3) is 0.333. The third-order valence-electron chi connectivity index (χ3n) is 4.81. The topological polar surface area (TPSA) is 72.5 Å². The van der Waals surface area contributed by atoms with Crippen LogP contribution in [0, 0.1) is 6.92 Å². The quantitative estimate of drug-likeness (QED) is 0.750. The molecule has 0 radical (unpaired) electrons. The summed E-state index contributed by atoms with van der Waals surface area (Å²) in [6.07, 6.45) is 1.00. The number of imide groups is 1. The van der Waals surface area contributed by atoms with Crippen LogP contribution >= 0.6 is 0 Å². The van der Waals surface area contributed by atoms with Crippen LogP contribution in [0.1, 0.15) is 17.5 Å². The second-order valence-corrected chi connectivity index (χ2v) is 6.68. The average molecular weight is 369 g/mol. The number of ether oxygens (including phenoxy) is 2. The van der Waals surface area contributed by atoms with Crippen LogP contribution in [-0.4, -0.2) is 38.6 Å². The van der Waals surface area contributed by atoms with Crippen LogP contribution in [0.2, 0.25) is 0 Å². The molecule has 2 aromatic carbocycles. The maximum atomic E-state index is 12.7. The first-order chi connectivity index (χ1) is 13.0. The van der Waals surface area contributed by atoms with Crippen LogP contribution in [0.5, 0.6) is 11.5 Å². The number of methoxy groups -OCH3 is 2. The van der Waals surface area contributed by atoms with Gasteiger partial charge in [-0.3, -0.25) is 9.59 Å². The highest BCUT2D eigenvalue weighted by molar-refractivity contribution is 6.21. The standard InChI is InChI=1S/C21H24N2O4/c1-14-4-7-16(8-5-14)23-20(24)13-17(21(23)25)22-11-10-15-6-9-18(26-2)19(12-15)27-3/h4-9,12,17,22H,10-11,13H2,1-3H3/p+1/t17-/m0/s1. The Morgan fingerprint density at radius 2 is 1.74 bits per heavy atom. The molecule has 2 amide bonds. The maximum Gasteiger partial charge on any atom is 0.292 e. The number of benzene rings is 2. The smallest absolute Gasteiger partial charge is 0.292 e. The Kier molecular flexibility index (Phi) is 5.76. The minimum absolute atomic E-state index is 0.142. The van der Waals surface area contributed by atoms with Crippen LogP contribution in [0.25, 0.3) is 0 Å². The molecule has 0 unspecified atom stereocenters. The van der Waals surface area contributed by atoms with Crippen molar-refractivity contribution in [1.82, 2.24) is 0 Å². The Labute approximate surface area is 159 Å². The summed E-state index contributed by atoms with van der Waals surface area (Å²) in [5.41, 5.74) is 2.83. The lowest BCUT2D eigenvalue weighted by Crippen LogP contribution is -2.92. The van der Waals surface area contributed by atoms with Gasteiger partial charge in [0.2, 0.25) is 5.91 Å². The van der Waals surface area contributed by atoms with E-state index in [-0.39, 0.29) is 24.3 Å². The molecule has 6 nitrogen and oxygen atoms in total. The van der Waals surface area contributed by atoms with Crippen molar-refractivity contribution in [3.05, 3.63) is 53.6 Å². The summed E-state index contributed by atoms with van der Waals surface area (Å²) in [4.78, 5) is 26.3. The molecule has 1 atom stereocenters. The van der Waals surface area contributed by atoms with Crippen molar-refractivity contribution in [2.45, 2.75) is 25.8 Å². The van der Waals surface area contributed by atoms with Crippen molar-refractivity contribution >= 4 is 17.5 Å². The van der Waals surface area contributed by atoms with Crippen LogP contribution in [0.3, 0.4) is 0 Å². The van der Waals surface area contributed by atoms with Gasteiger partial charge in [-0.15, -0.1) is 0 Å². The number of carbonyl (C=O) groups is 2. The first kappa shape index (κ1) is 18.9. The molecule has 6 heteroatoms. The average Bonchev–Trinajstić information content (AvgIpc) is 2.96. The highest BCUT2D eigenvalue weighted by Gasteiger charge is 2.41. The lowest BCUT2D eigenvalue weighted by molar-refractivity contribution is -0.674. The fourth-order valence-corrected chi connectivity index (χ4v) is 3.29. The van der Waals surface area contributed by atoms with Crippen molar-refractivity contribution in [2.75, 3.05) is 25.7 Å². The Balaban J connectivity index is 1.60. The van der Waals surface area contributed by atoms with Crippen molar-refractivity contribution in [3.63, 3.8) is 0 Å². The molecule has 142 valence electrons. The largest absolute Gasteiger partial charge is 0.493 e. The van der Waals surface area contributed by atoms with Gasteiger partial charge in [-0.1, -0.05) is 23.8 Å². The Morgan fingerprint density at radius 3 is 2.41 bits per heavy atom. The first-order valence-corrected chi connectivity index (χ1v) is 9.01. The number of quaternary nitrogens is 1. The third-order valence-corrected chi connectivity index (χ3v) is 4.81. The molecular weight excluding hydrogens is 344 g/mol. The molecule has 27 heavy (non-hydrogen) atoms. The normalized spacial score (nSPS) is 16.7. The van der Waals surface area contributed by atoms with E-state index in [9.17, 15) is 9.59 Å². The maximum absolute atomic E-state index is 12.7. The van der Waals surface area contributed by atoms with Crippen LogP contribution in [0.4, 0.5) is 5.69 Å². The second kappa shape index (κ2) is 8.22. The predicted molar refractivity (Wildman–Crippen MR) is 102 cm³/mol. The number of hydrogen-bond donors (Lipinski definition) is 1. The van der Waals surface area contributed by atoms with Gasteiger partial charge in [-0.25, -0.2) is 4.90 Å². The molecule has 1 heterocycles. The van der Waals surface area contributed by atoms with E-state index in [1.54, 1.807) is 14.2 Å². The molecule has 1 fully saturated rings. The Morgan fingerprint density at radius 1 is 1.04 bits per heavy atom.